The number of piperazine rings is 1. The van der Waals surface area contributed by atoms with E-state index in [0.717, 1.165) is 29.0 Å². The summed E-state index contributed by atoms with van der Waals surface area (Å²) in [6.45, 7) is 2.84. The first-order valence-electron chi connectivity index (χ1n) is 8.94. The SMILES string of the molecule is O=C(CSc1nnc(NC2CC2)s1)N1CCN(C2CCS(=O)(=O)C2)CC1. The molecular formula is C15H23N5O3S3. The van der Waals surface area contributed by atoms with E-state index in [-0.39, 0.29) is 17.7 Å². The van der Waals surface area contributed by atoms with Crippen molar-refractivity contribution in [2.75, 3.05) is 48.8 Å². The predicted octanol–water partition coefficient (Wildman–Crippen LogP) is 0.536. The highest BCUT2D eigenvalue weighted by atomic mass is 32.2. The van der Waals surface area contributed by atoms with Gasteiger partial charge >= 0.3 is 0 Å². The molecule has 1 unspecified atom stereocenters. The number of sulfone groups is 1. The smallest absolute Gasteiger partial charge is 0.233 e. The van der Waals surface area contributed by atoms with Gasteiger partial charge in [0.2, 0.25) is 11.0 Å². The Morgan fingerprint density at radius 2 is 1.96 bits per heavy atom. The van der Waals surface area contributed by atoms with Crippen molar-refractivity contribution in [2.24, 2.45) is 0 Å². The summed E-state index contributed by atoms with van der Waals surface area (Å²) in [6, 6.07) is 0.680. The predicted molar refractivity (Wildman–Crippen MR) is 102 cm³/mol. The van der Waals surface area contributed by atoms with Gasteiger partial charge in [0.1, 0.15) is 0 Å². The second kappa shape index (κ2) is 7.61. The number of carbonyl (C=O) groups excluding carboxylic acids is 1. The second-order valence-electron chi connectivity index (χ2n) is 7.05. The number of hydrogen-bond acceptors (Lipinski definition) is 9. The molecule has 3 fully saturated rings. The van der Waals surface area contributed by atoms with Gasteiger partial charge in [0.25, 0.3) is 0 Å². The molecule has 11 heteroatoms. The van der Waals surface area contributed by atoms with Crippen LogP contribution in [0.4, 0.5) is 5.13 Å². The molecule has 1 N–H and O–H groups in total. The Morgan fingerprint density at radius 1 is 1.19 bits per heavy atom. The highest BCUT2D eigenvalue weighted by Crippen LogP contribution is 2.30. The largest absolute Gasteiger partial charge is 0.357 e. The van der Waals surface area contributed by atoms with Gasteiger partial charge < -0.3 is 10.2 Å². The lowest BCUT2D eigenvalue weighted by Gasteiger charge is -2.37. The van der Waals surface area contributed by atoms with Gasteiger partial charge in [-0.05, 0) is 19.3 Å². The minimum absolute atomic E-state index is 0.112. The molecule has 4 rings (SSSR count). The van der Waals surface area contributed by atoms with Crippen LogP contribution in [0.5, 0.6) is 0 Å². The summed E-state index contributed by atoms with van der Waals surface area (Å²) in [5, 5.41) is 12.4. The summed E-state index contributed by atoms with van der Waals surface area (Å²) in [5.41, 5.74) is 0. The molecule has 1 atom stereocenters. The van der Waals surface area contributed by atoms with E-state index in [4.69, 9.17) is 0 Å². The maximum Gasteiger partial charge on any atom is 0.233 e. The molecule has 1 aliphatic carbocycles. The number of thioether (sulfide) groups is 1. The van der Waals surface area contributed by atoms with Gasteiger partial charge in [-0.2, -0.15) is 0 Å². The van der Waals surface area contributed by atoms with Crippen LogP contribution in [0.1, 0.15) is 19.3 Å². The fourth-order valence-corrected chi connectivity index (χ4v) is 6.84. The zero-order chi connectivity index (χ0) is 18.1. The first kappa shape index (κ1) is 18.5. The first-order chi connectivity index (χ1) is 12.5. The summed E-state index contributed by atoms with van der Waals surface area (Å²) in [7, 11) is -2.86. The lowest BCUT2D eigenvalue weighted by Crippen LogP contribution is -2.52. The lowest BCUT2D eigenvalue weighted by atomic mass is 10.2. The maximum atomic E-state index is 12.4. The number of nitrogens with zero attached hydrogens (tertiary/aromatic N) is 4. The van der Waals surface area contributed by atoms with Crippen LogP contribution in [0.25, 0.3) is 0 Å². The number of carbonyl (C=O) groups is 1. The molecule has 3 heterocycles. The number of amides is 1. The second-order valence-corrected chi connectivity index (χ2v) is 11.5. The Bertz CT molecular complexity index is 756. The van der Waals surface area contributed by atoms with Gasteiger partial charge in [0, 0.05) is 38.3 Å². The van der Waals surface area contributed by atoms with Crippen LogP contribution in [0.2, 0.25) is 0 Å². The van der Waals surface area contributed by atoms with Crippen LogP contribution in [-0.4, -0.2) is 89.8 Å². The molecule has 2 aliphatic heterocycles. The van der Waals surface area contributed by atoms with Crippen molar-refractivity contribution in [3.05, 3.63) is 0 Å². The molecule has 2 saturated heterocycles. The summed E-state index contributed by atoms with van der Waals surface area (Å²) in [4.78, 5) is 16.5. The lowest BCUT2D eigenvalue weighted by molar-refractivity contribution is -0.130. The fourth-order valence-electron chi connectivity index (χ4n) is 3.34. The van der Waals surface area contributed by atoms with E-state index in [2.05, 4.69) is 20.4 Å². The molecule has 0 bridgehead atoms. The standard InChI is InChI=1S/C15H23N5O3S3/c21-13(9-24-15-18-17-14(25-15)16-11-1-2-11)20-6-4-19(5-7-20)12-3-8-26(22,23)10-12/h11-12H,1-10H2,(H,16,17). The average molecular weight is 418 g/mol. The number of nitrogens with one attached hydrogen (secondary N) is 1. The van der Waals surface area contributed by atoms with E-state index in [0.29, 0.717) is 30.6 Å². The molecule has 26 heavy (non-hydrogen) atoms. The number of hydrogen-bond donors (Lipinski definition) is 1. The van der Waals surface area contributed by atoms with Crippen LogP contribution in [0.15, 0.2) is 4.34 Å². The minimum Gasteiger partial charge on any atom is -0.357 e. The highest BCUT2D eigenvalue weighted by Gasteiger charge is 2.34. The van der Waals surface area contributed by atoms with E-state index in [1.165, 1.54) is 35.9 Å². The van der Waals surface area contributed by atoms with Gasteiger partial charge in [0.05, 0.1) is 17.3 Å². The van der Waals surface area contributed by atoms with Gasteiger partial charge in [-0.25, -0.2) is 8.42 Å². The Balaban J connectivity index is 1.20. The van der Waals surface area contributed by atoms with E-state index in [1.54, 1.807) is 0 Å². The summed E-state index contributed by atoms with van der Waals surface area (Å²) < 4.78 is 24.1. The summed E-state index contributed by atoms with van der Waals surface area (Å²) in [6.07, 6.45) is 3.11. The minimum atomic E-state index is -2.86. The fraction of sp³-hybridized carbons (Fsp3) is 0.800. The van der Waals surface area contributed by atoms with Crippen LogP contribution >= 0.6 is 23.1 Å². The van der Waals surface area contributed by atoms with E-state index >= 15 is 0 Å². The molecular weight excluding hydrogens is 394 g/mol. The maximum absolute atomic E-state index is 12.4. The third-order valence-electron chi connectivity index (χ3n) is 5.02. The van der Waals surface area contributed by atoms with Crippen molar-refractivity contribution >= 4 is 44.0 Å². The van der Waals surface area contributed by atoms with Crippen LogP contribution in [-0.2, 0) is 14.6 Å². The molecule has 0 aromatic carbocycles. The Kier molecular flexibility index (Phi) is 5.40. The summed E-state index contributed by atoms with van der Waals surface area (Å²) in [5.74, 6) is 1.05. The molecule has 0 radical (unpaired) electrons. The van der Waals surface area contributed by atoms with Gasteiger partial charge in [-0.15, -0.1) is 10.2 Å². The molecule has 0 spiro atoms. The van der Waals surface area contributed by atoms with Crippen molar-refractivity contribution < 1.29 is 13.2 Å². The van der Waals surface area contributed by atoms with Crippen molar-refractivity contribution in [3.8, 4) is 0 Å². The van der Waals surface area contributed by atoms with Crippen molar-refractivity contribution in [2.45, 2.75) is 35.7 Å². The third-order valence-corrected chi connectivity index (χ3v) is 8.75. The first-order valence-corrected chi connectivity index (χ1v) is 12.6. The van der Waals surface area contributed by atoms with E-state index < -0.39 is 9.84 Å². The number of rotatable bonds is 6. The van der Waals surface area contributed by atoms with Crippen molar-refractivity contribution in [1.29, 1.82) is 0 Å². The molecule has 144 valence electrons. The Morgan fingerprint density at radius 3 is 2.62 bits per heavy atom. The third kappa shape index (κ3) is 4.68. The van der Waals surface area contributed by atoms with Gasteiger partial charge in [0.15, 0.2) is 14.2 Å². The molecule has 1 amide bonds. The number of aromatic nitrogens is 2. The normalized spacial score (nSPS) is 26.2. The molecule has 1 aromatic heterocycles. The van der Waals surface area contributed by atoms with Crippen molar-refractivity contribution in [3.63, 3.8) is 0 Å². The number of anilines is 1. The Hall–Kier alpha value is -0.910. The van der Waals surface area contributed by atoms with E-state index in [1.807, 2.05) is 4.90 Å². The molecule has 3 aliphatic rings. The molecule has 8 nitrogen and oxygen atoms in total. The van der Waals surface area contributed by atoms with Crippen molar-refractivity contribution in [1.82, 2.24) is 20.0 Å². The van der Waals surface area contributed by atoms with Crippen LogP contribution in [0.3, 0.4) is 0 Å². The molecule has 1 aromatic rings. The topological polar surface area (TPSA) is 95.5 Å². The van der Waals surface area contributed by atoms with E-state index in [9.17, 15) is 13.2 Å². The van der Waals surface area contributed by atoms with Gasteiger partial charge in [-0.3, -0.25) is 9.69 Å². The van der Waals surface area contributed by atoms with Gasteiger partial charge in [-0.1, -0.05) is 23.1 Å². The summed E-state index contributed by atoms with van der Waals surface area (Å²) >= 11 is 2.94. The average Bonchev–Trinajstić information content (AvgIpc) is 3.20. The zero-order valence-corrected chi connectivity index (χ0v) is 16.9. The highest BCUT2D eigenvalue weighted by molar-refractivity contribution is 8.01. The Labute approximate surface area is 161 Å². The zero-order valence-electron chi connectivity index (χ0n) is 14.5. The van der Waals surface area contributed by atoms with Crippen LogP contribution in [0, 0.1) is 0 Å². The molecule has 1 saturated carbocycles. The van der Waals surface area contributed by atoms with Crippen LogP contribution < -0.4 is 5.32 Å². The monoisotopic (exact) mass is 417 g/mol. The quantitative estimate of drug-likeness (QED) is 0.670.